The van der Waals surface area contributed by atoms with E-state index in [1.807, 2.05) is 42.5 Å². The molecule has 216 valence electrons. The third-order valence-corrected chi connectivity index (χ3v) is 7.47. The molecule has 0 radical (unpaired) electrons. The lowest BCUT2D eigenvalue weighted by molar-refractivity contribution is -0.116. The van der Waals surface area contributed by atoms with Crippen LogP contribution in [0.25, 0.3) is 0 Å². The average molecular weight is 535 g/mol. The zero-order chi connectivity index (χ0) is 27.8. The number of rotatable bonds is 23. The Kier molecular flexibility index (Phi) is 18.6. The summed E-state index contributed by atoms with van der Waals surface area (Å²) in [5.74, 6) is -0.0835. The molecule has 4 nitrogen and oxygen atoms in total. The van der Waals surface area contributed by atoms with Gasteiger partial charge in [-0.05, 0) is 42.8 Å². The van der Waals surface area contributed by atoms with Crippen molar-refractivity contribution in [2.75, 3.05) is 10.6 Å². The highest BCUT2D eigenvalue weighted by atomic mass is 16.2. The van der Waals surface area contributed by atoms with Crippen molar-refractivity contribution in [3.05, 3.63) is 60.2 Å². The van der Waals surface area contributed by atoms with Crippen molar-refractivity contribution in [1.82, 2.24) is 0 Å². The second-order valence-electron chi connectivity index (χ2n) is 11.1. The van der Waals surface area contributed by atoms with Gasteiger partial charge in [-0.25, -0.2) is 0 Å². The van der Waals surface area contributed by atoms with Crippen molar-refractivity contribution >= 4 is 23.2 Å². The minimum atomic E-state index is -0.142. The smallest absolute Gasteiger partial charge is 0.255 e. The van der Waals surface area contributed by atoms with Gasteiger partial charge in [0.1, 0.15) is 0 Å². The summed E-state index contributed by atoms with van der Waals surface area (Å²) in [6, 6.07) is 16.4. The first-order chi connectivity index (χ1) is 19.2. The van der Waals surface area contributed by atoms with E-state index in [2.05, 4.69) is 17.6 Å². The number of carbonyl (C=O) groups is 2. The Bertz CT molecular complexity index is 879. The van der Waals surface area contributed by atoms with Gasteiger partial charge in [-0.3, -0.25) is 9.59 Å². The molecule has 0 saturated carbocycles. The van der Waals surface area contributed by atoms with Crippen molar-refractivity contribution in [3.8, 4) is 0 Å². The maximum absolute atomic E-state index is 12.3. The third kappa shape index (κ3) is 16.8. The van der Waals surface area contributed by atoms with Crippen LogP contribution in [-0.4, -0.2) is 11.8 Å². The summed E-state index contributed by atoms with van der Waals surface area (Å²) < 4.78 is 0. The van der Waals surface area contributed by atoms with Gasteiger partial charge in [0.25, 0.3) is 5.91 Å². The van der Waals surface area contributed by atoms with Gasteiger partial charge in [0.15, 0.2) is 0 Å². The molecule has 0 aliphatic carbocycles. The summed E-state index contributed by atoms with van der Waals surface area (Å²) in [5.41, 5.74) is 2.09. The summed E-state index contributed by atoms with van der Waals surface area (Å²) in [7, 11) is 0. The fourth-order valence-electron chi connectivity index (χ4n) is 5.02. The molecule has 39 heavy (non-hydrogen) atoms. The SMILES string of the molecule is CCCCCCCCCCCCCCCCCCCCCC(=O)Nc1ccc(NC(=O)c2ccccc2)cc1. The highest BCUT2D eigenvalue weighted by Crippen LogP contribution is 2.17. The fourth-order valence-corrected chi connectivity index (χ4v) is 5.02. The molecule has 2 N–H and O–H groups in total. The zero-order valence-electron chi connectivity index (χ0n) is 24.7. The monoisotopic (exact) mass is 534 g/mol. The van der Waals surface area contributed by atoms with E-state index in [0.717, 1.165) is 18.5 Å². The number of hydrogen-bond donors (Lipinski definition) is 2. The number of hydrogen-bond acceptors (Lipinski definition) is 2. The Morgan fingerprint density at radius 2 is 0.872 bits per heavy atom. The Hall–Kier alpha value is -2.62. The molecule has 2 amide bonds. The molecule has 0 saturated heterocycles. The molecule has 2 aromatic carbocycles. The van der Waals surface area contributed by atoms with Crippen LogP contribution < -0.4 is 10.6 Å². The van der Waals surface area contributed by atoms with Gasteiger partial charge < -0.3 is 10.6 Å². The molecule has 0 bridgehead atoms. The highest BCUT2D eigenvalue weighted by molar-refractivity contribution is 6.04. The molecule has 0 fully saturated rings. The van der Waals surface area contributed by atoms with Crippen LogP contribution in [0.5, 0.6) is 0 Å². The number of unbranched alkanes of at least 4 members (excludes halogenated alkanes) is 18. The van der Waals surface area contributed by atoms with Crippen LogP contribution in [-0.2, 0) is 4.79 Å². The van der Waals surface area contributed by atoms with E-state index in [9.17, 15) is 9.59 Å². The summed E-state index contributed by atoms with van der Waals surface area (Å²) in [6.45, 7) is 2.29. The molecular formula is C35H54N2O2. The summed E-state index contributed by atoms with van der Waals surface area (Å²) >= 11 is 0. The van der Waals surface area contributed by atoms with Crippen LogP contribution in [0.3, 0.4) is 0 Å². The number of nitrogens with one attached hydrogen (secondary N) is 2. The van der Waals surface area contributed by atoms with Crippen molar-refractivity contribution in [2.45, 2.75) is 135 Å². The fraction of sp³-hybridized carbons (Fsp3) is 0.600. The van der Waals surface area contributed by atoms with Crippen LogP contribution in [0.4, 0.5) is 11.4 Å². The van der Waals surface area contributed by atoms with E-state index < -0.39 is 0 Å². The lowest BCUT2D eigenvalue weighted by Gasteiger charge is -2.08. The van der Waals surface area contributed by atoms with Crippen LogP contribution >= 0.6 is 0 Å². The number of carbonyl (C=O) groups excluding carboxylic acids is 2. The van der Waals surface area contributed by atoms with Gasteiger partial charge in [-0.1, -0.05) is 141 Å². The van der Waals surface area contributed by atoms with Crippen molar-refractivity contribution in [3.63, 3.8) is 0 Å². The second kappa shape index (κ2) is 22.2. The van der Waals surface area contributed by atoms with E-state index in [0.29, 0.717) is 17.7 Å². The van der Waals surface area contributed by atoms with Crippen LogP contribution in [0, 0.1) is 0 Å². The van der Waals surface area contributed by atoms with Gasteiger partial charge in [-0.15, -0.1) is 0 Å². The van der Waals surface area contributed by atoms with E-state index >= 15 is 0 Å². The average Bonchev–Trinajstić information content (AvgIpc) is 2.95. The van der Waals surface area contributed by atoms with E-state index in [-0.39, 0.29) is 11.8 Å². The Morgan fingerprint density at radius 1 is 0.487 bits per heavy atom. The maximum Gasteiger partial charge on any atom is 0.255 e. The van der Waals surface area contributed by atoms with E-state index in [1.54, 1.807) is 12.1 Å². The van der Waals surface area contributed by atoms with Gasteiger partial charge in [0.2, 0.25) is 5.91 Å². The van der Waals surface area contributed by atoms with Crippen LogP contribution in [0.15, 0.2) is 54.6 Å². The first-order valence-electron chi connectivity index (χ1n) is 16.0. The number of amides is 2. The normalized spacial score (nSPS) is 10.9. The molecule has 0 aliphatic rings. The Morgan fingerprint density at radius 3 is 1.31 bits per heavy atom. The lowest BCUT2D eigenvalue weighted by atomic mass is 10.0. The first-order valence-corrected chi connectivity index (χ1v) is 16.0. The third-order valence-electron chi connectivity index (χ3n) is 7.47. The molecule has 0 aliphatic heterocycles. The lowest BCUT2D eigenvalue weighted by Crippen LogP contribution is -2.12. The number of benzene rings is 2. The predicted molar refractivity (Wildman–Crippen MR) is 167 cm³/mol. The molecule has 0 spiro atoms. The van der Waals surface area contributed by atoms with Crippen molar-refractivity contribution in [2.24, 2.45) is 0 Å². The van der Waals surface area contributed by atoms with Gasteiger partial charge in [0, 0.05) is 23.4 Å². The molecule has 0 unspecified atom stereocenters. The first kappa shape index (κ1) is 32.6. The second-order valence-corrected chi connectivity index (χ2v) is 11.1. The molecule has 0 atom stereocenters. The van der Waals surface area contributed by atoms with Crippen molar-refractivity contribution < 1.29 is 9.59 Å². The zero-order valence-corrected chi connectivity index (χ0v) is 24.7. The molecule has 4 heteroatoms. The van der Waals surface area contributed by atoms with E-state index in [4.69, 9.17) is 0 Å². The van der Waals surface area contributed by atoms with Gasteiger partial charge >= 0.3 is 0 Å². The molecule has 2 aromatic rings. The van der Waals surface area contributed by atoms with Crippen LogP contribution in [0.2, 0.25) is 0 Å². The highest BCUT2D eigenvalue weighted by Gasteiger charge is 2.06. The van der Waals surface area contributed by atoms with E-state index in [1.165, 1.54) is 109 Å². The summed E-state index contributed by atoms with van der Waals surface area (Å²) in [6.07, 6.45) is 26.3. The predicted octanol–water partition coefficient (Wildman–Crippen LogP) is 10.7. The van der Waals surface area contributed by atoms with Crippen molar-refractivity contribution in [1.29, 1.82) is 0 Å². The minimum Gasteiger partial charge on any atom is -0.326 e. The maximum atomic E-state index is 12.3. The largest absolute Gasteiger partial charge is 0.326 e. The molecular weight excluding hydrogens is 480 g/mol. The minimum absolute atomic E-state index is 0.0584. The Balaban J connectivity index is 1.36. The topological polar surface area (TPSA) is 58.2 Å². The molecule has 2 rings (SSSR count). The molecule has 0 aromatic heterocycles. The summed E-state index contributed by atoms with van der Waals surface area (Å²) in [5, 5.41) is 5.84. The van der Waals surface area contributed by atoms with Gasteiger partial charge in [0.05, 0.1) is 0 Å². The Labute approximate surface area is 238 Å². The quantitative estimate of drug-likeness (QED) is 0.139. The standard InChI is InChI=1S/C35H54N2O2/c1-2-3-4-5-6-7-8-9-10-11-12-13-14-15-16-17-18-19-23-26-34(38)36-32-27-29-33(30-28-32)37-35(39)31-24-21-20-22-25-31/h20-22,24-25,27-30H,2-19,23,26H2,1H3,(H,36,38)(H,37,39). The summed E-state index contributed by atoms with van der Waals surface area (Å²) in [4.78, 5) is 24.5. The van der Waals surface area contributed by atoms with Gasteiger partial charge in [-0.2, -0.15) is 0 Å². The number of anilines is 2. The molecule has 0 heterocycles. The van der Waals surface area contributed by atoms with Crippen LogP contribution in [0.1, 0.15) is 146 Å².